The Kier molecular flexibility index (Phi) is 5.77. The van der Waals surface area contributed by atoms with Crippen LogP contribution in [0.3, 0.4) is 0 Å². The average molecular weight is 317 g/mol. The minimum Gasteiger partial charge on any atom is -0.494 e. The van der Waals surface area contributed by atoms with Crippen LogP contribution in [0.1, 0.15) is 50.6 Å². The molecule has 23 heavy (non-hydrogen) atoms. The lowest BCUT2D eigenvalue weighted by atomic mass is 9.90. The zero-order chi connectivity index (χ0) is 16.9. The van der Waals surface area contributed by atoms with Crippen LogP contribution in [0.4, 0.5) is 0 Å². The first-order valence-corrected chi connectivity index (χ1v) is 8.15. The smallest absolute Gasteiger partial charge is 0.119 e. The fraction of sp³-hybridized carbons (Fsp3) is 0.556. The van der Waals surface area contributed by atoms with E-state index >= 15 is 0 Å². The summed E-state index contributed by atoms with van der Waals surface area (Å²) in [7, 11) is 0. The zero-order valence-corrected chi connectivity index (χ0v) is 14.5. The molecular weight excluding hydrogens is 290 g/mol. The number of hydrogen-bond donors (Lipinski definition) is 1. The quantitative estimate of drug-likeness (QED) is 0.796. The van der Waals surface area contributed by atoms with E-state index < -0.39 is 0 Å². The monoisotopic (exact) mass is 317 g/mol. The number of aliphatic hydroxyl groups excluding tert-OH is 1. The second kappa shape index (κ2) is 7.59. The highest BCUT2D eigenvalue weighted by molar-refractivity contribution is 5.26. The number of rotatable bonds is 7. The first kappa shape index (κ1) is 17.5. The molecule has 0 bridgehead atoms. The van der Waals surface area contributed by atoms with Gasteiger partial charge in [-0.05, 0) is 31.9 Å². The third-order valence-electron chi connectivity index (χ3n) is 3.72. The van der Waals surface area contributed by atoms with E-state index in [0.29, 0.717) is 12.3 Å². The maximum atomic E-state index is 9.41. The summed E-state index contributed by atoms with van der Waals surface area (Å²) in [4.78, 5) is 0. The summed E-state index contributed by atoms with van der Waals surface area (Å²) in [6, 6.07) is 8.10. The molecule has 126 valence electrons. The molecule has 1 aromatic carbocycles. The van der Waals surface area contributed by atoms with Crippen molar-refractivity contribution >= 4 is 0 Å². The molecule has 0 aliphatic carbocycles. The SMILES string of the molecule is Cc1ccc(OCCCCn2nnc(CO)c2C(C)(C)C)cc1. The van der Waals surface area contributed by atoms with Crippen molar-refractivity contribution in [2.75, 3.05) is 6.61 Å². The molecule has 0 fully saturated rings. The predicted molar refractivity (Wildman–Crippen MR) is 90.6 cm³/mol. The largest absolute Gasteiger partial charge is 0.494 e. The highest BCUT2D eigenvalue weighted by Gasteiger charge is 2.24. The Hall–Kier alpha value is -1.88. The van der Waals surface area contributed by atoms with Crippen LogP contribution in [-0.2, 0) is 18.6 Å². The summed E-state index contributed by atoms with van der Waals surface area (Å²) < 4.78 is 7.65. The summed E-state index contributed by atoms with van der Waals surface area (Å²) in [5.74, 6) is 0.911. The van der Waals surface area contributed by atoms with Gasteiger partial charge in [0.15, 0.2) is 0 Å². The van der Waals surface area contributed by atoms with E-state index in [2.05, 4.69) is 50.1 Å². The van der Waals surface area contributed by atoms with E-state index in [1.165, 1.54) is 5.56 Å². The Morgan fingerprint density at radius 3 is 2.43 bits per heavy atom. The Labute approximate surface area is 138 Å². The first-order valence-electron chi connectivity index (χ1n) is 8.15. The van der Waals surface area contributed by atoms with Crippen LogP contribution in [0, 0.1) is 6.92 Å². The van der Waals surface area contributed by atoms with Gasteiger partial charge in [-0.1, -0.05) is 43.7 Å². The van der Waals surface area contributed by atoms with Crippen molar-refractivity contribution in [1.82, 2.24) is 15.0 Å². The van der Waals surface area contributed by atoms with Crippen LogP contribution in [-0.4, -0.2) is 26.7 Å². The maximum Gasteiger partial charge on any atom is 0.119 e. The van der Waals surface area contributed by atoms with Gasteiger partial charge in [0.05, 0.1) is 18.9 Å². The predicted octanol–water partition coefficient (Wildman–Crippen LogP) is 3.24. The molecule has 5 heteroatoms. The van der Waals surface area contributed by atoms with Crippen LogP contribution in [0.5, 0.6) is 5.75 Å². The van der Waals surface area contributed by atoms with Gasteiger partial charge in [-0.2, -0.15) is 0 Å². The van der Waals surface area contributed by atoms with Crippen LogP contribution in [0.25, 0.3) is 0 Å². The van der Waals surface area contributed by atoms with Gasteiger partial charge in [0, 0.05) is 12.0 Å². The number of aryl methyl sites for hydroxylation is 2. The minimum absolute atomic E-state index is 0.0663. The van der Waals surface area contributed by atoms with Crippen molar-refractivity contribution in [2.24, 2.45) is 0 Å². The van der Waals surface area contributed by atoms with E-state index in [0.717, 1.165) is 30.8 Å². The number of nitrogens with zero attached hydrogens (tertiary/aromatic N) is 3. The van der Waals surface area contributed by atoms with Gasteiger partial charge in [-0.15, -0.1) is 5.10 Å². The molecule has 0 saturated heterocycles. The second-order valence-electron chi connectivity index (χ2n) is 6.88. The molecule has 0 saturated carbocycles. The van der Waals surface area contributed by atoms with Crippen LogP contribution in [0.2, 0.25) is 0 Å². The summed E-state index contributed by atoms with van der Waals surface area (Å²) >= 11 is 0. The van der Waals surface area contributed by atoms with Gasteiger partial charge >= 0.3 is 0 Å². The highest BCUT2D eigenvalue weighted by Crippen LogP contribution is 2.25. The molecule has 1 N–H and O–H groups in total. The summed E-state index contributed by atoms with van der Waals surface area (Å²) in [5, 5.41) is 17.7. The number of benzene rings is 1. The van der Waals surface area contributed by atoms with Crippen molar-refractivity contribution in [3.63, 3.8) is 0 Å². The lowest BCUT2D eigenvalue weighted by Gasteiger charge is -2.20. The molecule has 0 unspecified atom stereocenters. The number of hydrogen-bond acceptors (Lipinski definition) is 4. The molecule has 5 nitrogen and oxygen atoms in total. The second-order valence-corrected chi connectivity index (χ2v) is 6.88. The Morgan fingerprint density at radius 1 is 1.13 bits per heavy atom. The Bertz CT molecular complexity index is 612. The summed E-state index contributed by atoms with van der Waals surface area (Å²) in [6.45, 7) is 9.82. The van der Waals surface area contributed by atoms with Crippen molar-refractivity contribution in [3.05, 3.63) is 41.2 Å². The van der Waals surface area contributed by atoms with E-state index in [-0.39, 0.29) is 12.0 Å². The first-order chi connectivity index (χ1) is 10.9. The standard InChI is InChI=1S/C18H27N3O2/c1-14-7-9-15(10-8-14)23-12-6-5-11-21-17(18(2,3)4)16(13-22)19-20-21/h7-10,22H,5-6,11-13H2,1-4H3. The molecule has 2 rings (SSSR count). The average Bonchev–Trinajstić information content (AvgIpc) is 2.92. The minimum atomic E-state index is -0.0834. The van der Waals surface area contributed by atoms with Gasteiger partial charge in [-0.3, -0.25) is 0 Å². The molecule has 0 amide bonds. The number of unbranched alkanes of at least 4 members (excludes halogenated alkanes) is 1. The summed E-state index contributed by atoms with van der Waals surface area (Å²) in [5.41, 5.74) is 2.84. The Morgan fingerprint density at radius 2 is 1.83 bits per heavy atom. The summed E-state index contributed by atoms with van der Waals surface area (Å²) in [6.07, 6.45) is 1.91. The Balaban J connectivity index is 1.82. The van der Waals surface area contributed by atoms with Crippen molar-refractivity contribution in [3.8, 4) is 5.75 Å². The number of ether oxygens (including phenoxy) is 1. The van der Waals surface area contributed by atoms with Crippen LogP contribution in [0.15, 0.2) is 24.3 Å². The molecule has 1 aromatic heterocycles. The zero-order valence-electron chi connectivity index (χ0n) is 14.5. The van der Waals surface area contributed by atoms with Crippen molar-refractivity contribution in [1.29, 1.82) is 0 Å². The normalized spacial score (nSPS) is 11.7. The van der Waals surface area contributed by atoms with Gasteiger partial charge in [0.1, 0.15) is 11.4 Å². The fourth-order valence-corrected chi connectivity index (χ4v) is 2.62. The third-order valence-corrected chi connectivity index (χ3v) is 3.72. The molecule has 0 aliphatic rings. The molecule has 1 heterocycles. The number of aromatic nitrogens is 3. The number of aliphatic hydroxyl groups is 1. The fourth-order valence-electron chi connectivity index (χ4n) is 2.62. The van der Waals surface area contributed by atoms with E-state index in [1.54, 1.807) is 0 Å². The van der Waals surface area contributed by atoms with Crippen LogP contribution < -0.4 is 4.74 Å². The molecule has 0 aliphatic heterocycles. The van der Waals surface area contributed by atoms with Gasteiger partial charge in [0.2, 0.25) is 0 Å². The van der Waals surface area contributed by atoms with Gasteiger partial charge in [0.25, 0.3) is 0 Å². The molecule has 0 atom stereocenters. The molecule has 2 aromatic rings. The molecular formula is C18H27N3O2. The maximum absolute atomic E-state index is 9.41. The van der Waals surface area contributed by atoms with E-state index in [1.807, 2.05) is 16.8 Å². The third kappa shape index (κ3) is 4.79. The van der Waals surface area contributed by atoms with Gasteiger partial charge in [-0.25, -0.2) is 4.68 Å². The van der Waals surface area contributed by atoms with Crippen molar-refractivity contribution in [2.45, 2.75) is 59.1 Å². The molecule has 0 radical (unpaired) electrons. The lowest BCUT2D eigenvalue weighted by Crippen LogP contribution is -2.20. The van der Waals surface area contributed by atoms with Crippen molar-refractivity contribution < 1.29 is 9.84 Å². The van der Waals surface area contributed by atoms with Gasteiger partial charge < -0.3 is 9.84 Å². The lowest BCUT2D eigenvalue weighted by molar-refractivity contribution is 0.272. The van der Waals surface area contributed by atoms with E-state index in [4.69, 9.17) is 4.74 Å². The van der Waals surface area contributed by atoms with E-state index in [9.17, 15) is 5.11 Å². The topological polar surface area (TPSA) is 60.2 Å². The highest BCUT2D eigenvalue weighted by atomic mass is 16.5. The van der Waals surface area contributed by atoms with Crippen LogP contribution >= 0.6 is 0 Å². The molecule has 0 spiro atoms.